The van der Waals surface area contributed by atoms with E-state index < -0.39 is 27.3 Å². The fraction of sp³-hybridized carbons (Fsp3) is 0. The van der Waals surface area contributed by atoms with Gasteiger partial charge in [0.15, 0.2) is 5.69 Å². The van der Waals surface area contributed by atoms with Crippen LogP contribution in [-0.4, -0.2) is 35.2 Å². The van der Waals surface area contributed by atoms with Gasteiger partial charge in [0, 0.05) is 0 Å². The highest BCUT2D eigenvalue weighted by molar-refractivity contribution is 5.73. The average molecular weight is 252 g/mol. The molecule has 2 aromatic heterocycles. The number of hydrogen-bond donors (Lipinski definition) is 2. The van der Waals surface area contributed by atoms with Crippen LogP contribution in [0.5, 0.6) is 0 Å². The molecule has 12 heteroatoms. The Bertz CT molecular complexity index is 623. The van der Waals surface area contributed by atoms with Gasteiger partial charge in [-0.15, -0.1) is 0 Å². The van der Waals surface area contributed by atoms with Crippen molar-refractivity contribution in [3.05, 3.63) is 26.4 Å². The number of nitrogens with two attached hydrogens (primary N) is 1. The van der Waals surface area contributed by atoms with Crippen LogP contribution in [0.1, 0.15) is 0 Å². The second-order valence-electron chi connectivity index (χ2n) is 2.98. The lowest BCUT2D eigenvalue weighted by Crippen LogP contribution is -2.07. The number of nitro groups is 2. The van der Waals surface area contributed by atoms with E-state index in [2.05, 4.69) is 25.4 Å². The van der Waals surface area contributed by atoms with Crippen LogP contribution < -0.4 is 5.73 Å². The van der Waals surface area contributed by atoms with Crippen molar-refractivity contribution in [1.82, 2.24) is 25.4 Å². The van der Waals surface area contributed by atoms with Crippen LogP contribution in [0.25, 0.3) is 11.4 Å². The number of anilines is 1. The van der Waals surface area contributed by atoms with E-state index in [4.69, 9.17) is 5.73 Å². The molecule has 0 aromatic carbocycles. The summed E-state index contributed by atoms with van der Waals surface area (Å²) < 4.78 is 0. The van der Waals surface area contributed by atoms with Crippen LogP contribution in [0.4, 0.5) is 17.5 Å². The average Bonchev–Trinajstić information content (AvgIpc) is 2.80. The monoisotopic (exact) mass is 252 g/mol. The number of nitrogens with one attached hydrogen (secondary N) is 1. The Morgan fingerprint density at radius 1 is 1.22 bits per heavy atom. The number of hydrogen-bond acceptors (Lipinski definition) is 9. The molecule has 18 heavy (non-hydrogen) atoms. The molecule has 0 amide bonds. The minimum absolute atomic E-state index is 0.0427. The topological polar surface area (TPSA) is 180 Å². The standard InChI is InChI=1S/C6H4N8O4/c7-5-4(13(15)16)3(2-1-8-12-11-2)9-6(10-5)14(17)18/h1H,(H2,7,9,10)(H,8,11,12). The van der Waals surface area contributed by atoms with Crippen molar-refractivity contribution in [2.45, 2.75) is 0 Å². The summed E-state index contributed by atoms with van der Waals surface area (Å²) in [5.41, 5.74) is 4.24. The highest BCUT2D eigenvalue weighted by atomic mass is 16.6. The first-order valence-electron chi connectivity index (χ1n) is 4.33. The van der Waals surface area contributed by atoms with Crippen LogP contribution in [0.2, 0.25) is 0 Å². The summed E-state index contributed by atoms with van der Waals surface area (Å²) in [6.07, 6.45) is 1.12. The minimum atomic E-state index is -0.913. The molecule has 0 unspecified atom stereocenters. The van der Waals surface area contributed by atoms with E-state index in [1.165, 1.54) is 0 Å². The zero-order valence-electron chi connectivity index (χ0n) is 8.47. The fourth-order valence-corrected chi connectivity index (χ4v) is 1.22. The van der Waals surface area contributed by atoms with E-state index in [0.29, 0.717) is 0 Å². The molecule has 0 radical (unpaired) electrons. The van der Waals surface area contributed by atoms with Crippen LogP contribution in [0, 0.1) is 20.2 Å². The smallest absolute Gasteiger partial charge is 0.390 e. The third kappa shape index (κ3) is 1.77. The molecule has 0 saturated carbocycles. The van der Waals surface area contributed by atoms with Gasteiger partial charge in [-0.1, -0.05) is 4.98 Å². The summed E-state index contributed by atoms with van der Waals surface area (Å²) in [5, 5.41) is 30.6. The van der Waals surface area contributed by atoms with Gasteiger partial charge >= 0.3 is 11.6 Å². The molecule has 3 N–H and O–H groups in total. The summed E-state index contributed by atoms with van der Waals surface area (Å²) in [7, 11) is 0. The second kappa shape index (κ2) is 4.00. The number of H-pyrrole nitrogens is 1. The molecule has 0 saturated heterocycles. The lowest BCUT2D eigenvalue weighted by atomic mass is 10.2. The molecular weight excluding hydrogens is 248 g/mol. The van der Waals surface area contributed by atoms with Crippen molar-refractivity contribution in [2.75, 3.05) is 5.73 Å². The molecule has 0 aliphatic heterocycles. The SMILES string of the molecule is Nc1nc([N+](=O)[O-])nc(-c2cn[nH]n2)c1[N+](=O)[O-]. The highest BCUT2D eigenvalue weighted by Crippen LogP contribution is 2.31. The Hall–Kier alpha value is -3.18. The van der Waals surface area contributed by atoms with E-state index in [0.717, 1.165) is 6.20 Å². The van der Waals surface area contributed by atoms with Gasteiger partial charge < -0.3 is 15.8 Å². The first kappa shape index (κ1) is 11.3. The quantitative estimate of drug-likeness (QED) is 0.545. The van der Waals surface area contributed by atoms with Crippen molar-refractivity contribution >= 4 is 17.5 Å². The van der Waals surface area contributed by atoms with Crippen LogP contribution in [0.3, 0.4) is 0 Å². The maximum atomic E-state index is 10.8. The van der Waals surface area contributed by atoms with Crippen LogP contribution in [0.15, 0.2) is 6.20 Å². The van der Waals surface area contributed by atoms with Gasteiger partial charge in [-0.25, -0.2) is 0 Å². The number of rotatable bonds is 3. The molecule has 92 valence electrons. The fourth-order valence-electron chi connectivity index (χ4n) is 1.22. The Morgan fingerprint density at radius 2 is 1.94 bits per heavy atom. The van der Waals surface area contributed by atoms with Crippen LogP contribution >= 0.6 is 0 Å². The molecule has 2 aromatic rings. The summed E-state index contributed by atoms with van der Waals surface area (Å²) in [5.74, 6) is -1.46. The largest absolute Gasteiger partial charge is 0.471 e. The third-order valence-corrected chi connectivity index (χ3v) is 1.90. The zero-order valence-corrected chi connectivity index (χ0v) is 8.47. The van der Waals surface area contributed by atoms with Crippen LogP contribution in [-0.2, 0) is 0 Å². The van der Waals surface area contributed by atoms with Gasteiger partial charge in [0.1, 0.15) is 0 Å². The molecule has 0 spiro atoms. The summed E-state index contributed by atoms with van der Waals surface area (Å²) in [6.45, 7) is 0. The maximum absolute atomic E-state index is 10.8. The summed E-state index contributed by atoms with van der Waals surface area (Å²) in [6, 6.07) is 0. The van der Waals surface area contributed by atoms with E-state index in [1.54, 1.807) is 0 Å². The van der Waals surface area contributed by atoms with Gasteiger partial charge in [-0.2, -0.15) is 15.4 Å². The molecule has 0 bridgehead atoms. The van der Waals surface area contributed by atoms with E-state index >= 15 is 0 Å². The van der Waals surface area contributed by atoms with Crippen molar-refractivity contribution in [1.29, 1.82) is 0 Å². The van der Waals surface area contributed by atoms with Crippen molar-refractivity contribution in [2.24, 2.45) is 0 Å². The molecular formula is C6H4N8O4. The number of aromatic nitrogens is 5. The number of aromatic amines is 1. The zero-order chi connectivity index (χ0) is 13.3. The Morgan fingerprint density at radius 3 is 2.44 bits per heavy atom. The van der Waals surface area contributed by atoms with Gasteiger partial charge in [0.2, 0.25) is 0 Å². The Balaban J connectivity index is 2.74. The number of nitrogen functional groups attached to an aromatic ring is 1. The van der Waals surface area contributed by atoms with E-state index in [1.807, 2.05) is 0 Å². The van der Waals surface area contributed by atoms with Gasteiger partial charge in [-0.3, -0.25) is 10.1 Å². The molecule has 2 heterocycles. The molecule has 12 nitrogen and oxygen atoms in total. The molecule has 0 fully saturated rings. The van der Waals surface area contributed by atoms with Crippen molar-refractivity contribution < 1.29 is 9.85 Å². The summed E-state index contributed by atoms with van der Waals surface area (Å²) >= 11 is 0. The Labute approximate surface area is 97.2 Å². The normalized spacial score (nSPS) is 10.2. The molecule has 0 atom stereocenters. The molecule has 0 aliphatic rings. The lowest BCUT2D eigenvalue weighted by Gasteiger charge is -1.98. The first-order chi connectivity index (χ1) is 8.50. The van der Waals surface area contributed by atoms with Crippen molar-refractivity contribution in [3.63, 3.8) is 0 Å². The molecule has 2 rings (SSSR count). The molecule has 0 aliphatic carbocycles. The van der Waals surface area contributed by atoms with Gasteiger partial charge in [0.25, 0.3) is 11.5 Å². The minimum Gasteiger partial charge on any atom is -0.390 e. The second-order valence-corrected chi connectivity index (χ2v) is 2.98. The van der Waals surface area contributed by atoms with E-state index in [9.17, 15) is 20.2 Å². The van der Waals surface area contributed by atoms with Gasteiger partial charge in [0.05, 0.1) is 11.1 Å². The Kier molecular flexibility index (Phi) is 2.52. The predicted molar refractivity (Wildman–Crippen MR) is 55.1 cm³/mol. The third-order valence-electron chi connectivity index (χ3n) is 1.90. The lowest BCUT2D eigenvalue weighted by molar-refractivity contribution is -0.396. The maximum Gasteiger partial charge on any atom is 0.471 e. The van der Waals surface area contributed by atoms with E-state index in [-0.39, 0.29) is 11.4 Å². The van der Waals surface area contributed by atoms with Gasteiger partial charge in [-0.05, 0) is 9.91 Å². The predicted octanol–water partition coefficient (Wildman–Crippen LogP) is -0.340. The number of nitrogens with zero attached hydrogens (tertiary/aromatic N) is 6. The first-order valence-corrected chi connectivity index (χ1v) is 4.33. The van der Waals surface area contributed by atoms with Crippen molar-refractivity contribution in [3.8, 4) is 11.4 Å². The highest BCUT2D eigenvalue weighted by Gasteiger charge is 2.32. The summed E-state index contributed by atoms with van der Waals surface area (Å²) in [4.78, 5) is 26.3.